The van der Waals surface area contributed by atoms with E-state index in [2.05, 4.69) is 6.08 Å². The monoisotopic (exact) mass is 152 g/mol. The van der Waals surface area contributed by atoms with E-state index < -0.39 is 0 Å². The van der Waals surface area contributed by atoms with Gasteiger partial charge in [-0.05, 0) is 24.8 Å². The second kappa shape index (κ2) is 3.29. The molecule has 0 spiro atoms. The maximum Gasteiger partial charge on any atom is 0.104 e. The quantitative estimate of drug-likeness (QED) is 0.561. The first-order chi connectivity index (χ1) is 5.47. The topological polar surface area (TPSA) is 9.23 Å². The molecule has 0 radical (unpaired) electrons. The molecule has 62 valence electrons. The zero-order valence-corrected chi connectivity index (χ0v) is 6.96. The smallest absolute Gasteiger partial charge is 0.104 e. The Balaban J connectivity index is 1.83. The summed E-state index contributed by atoms with van der Waals surface area (Å²) in [5.74, 6) is 0.860. The lowest BCUT2D eigenvalue weighted by Crippen LogP contribution is -2.21. The van der Waals surface area contributed by atoms with E-state index in [9.17, 15) is 0 Å². The van der Waals surface area contributed by atoms with E-state index in [0.29, 0.717) is 6.10 Å². The number of hydrogen-bond acceptors (Lipinski definition) is 1. The van der Waals surface area contributed by atoms with Gasteiger partial charge in [0.25, 0.3) is 0 Å². The third kappa shape index (κ3) is 1.58. The van der Waals surface area contributed by atoms with Gasteiger partial charge in [0.1, 0.15) is 6.10 Å². The summed E-state index contributed by atoms with van der Waals surface area (Å²) in [6.45, 7) is 0. The van der Waals surface area contributed by atoms with Crippen LogP contribution in [0.2, 0.25) is 0 Å². The van der Waals surface area contributed by atoms with Crippen molar-refractivity contribution < 1.29 is 4.74 Å². The summed E-state index contributed by atoms with van der Waals surface area (Å²) < 4.78 is 5.51. The number of hydrogen-bond donors (Lipinski definition) is 0. The average Bonchev–Trinajstić information content (AvgIpc) is 2.58. The minimum absolute atomic E-state index is 0.537. The van der Waals surface area contributed by atoms with Crippen molar-refractivity contribution in [3.63, 3.8) is 0 Å². The predicted octanol–water partition coefficient (Wildman–Crippen LogP) is 2.87. The van der Waals surface area contributed by atoms with Gasteiger partial charge in [-0.15, -0.1) is 0 Å². The van der Waals surface area contributed by atoms with Crippen LogP contribution >= 0.6 is 0 Å². The molecule has 0 aromatic heterocycles. The Bertz CT molecular complexity index is 137. The molecular weight excluding hydrogens is 136 g/mol. The normalized spacial score (nSPS) is 32.2. The Morgan fingerprint density at radius 2 is 1.91 bits per heavy atom. The molecule has 1 aliphatic heterocycles. The van der Waals surface area contributed by atoms with Crippen LogP contribution < -0.4 is 0 Å². The summed E-state index contributed by atoms with van der Waals surface area (Å²) in [5, 5.41) is 0. The van der Waals surface area contributed by atoms with Crippen LogP contribution in [0.3, 0.4) is 0 Å². The summed E-state index contributed by atoms with van der Waals surface area (Å²) in [6.07, 6.45) is 12.8. The van der Waals surface area contributed by atoms with Gasteiger partial charge in [0.05, 0.1) is 6.26 Å². The molecule has 0 bridgehead atoms. The number of ether oxygens (including phenoxy) is 1. The van der Waals surface area contributed by atoms with E-state index >= 15 is 0 Å². The van der Waals surface area contributed by atoms with Crippen molar-refractivity contribution in [3.8, 4) is 0 Å². The van der Waals surface area contributed by atoms with Crippen LogP contribution in [-0.2, 0) is 4.74 Å². The SMILES string of the molecule is C1=CO[C@@H](C2CCCCC2)C1. The van der Waals surface area contributed by atoms with Gasteiger partial charge in [0, 0.05) is 6.42 Å². The molecule has 0 N–H and O–H groups in total. The van der Waals surface area contributed by atoms with Crippen molar-refractivity contribution in [3.05, 3.63) is 12.3 Å². The van der Waals surface area contributed by atoms with E-state index in [1.165, 1.54) is 32.1 Å². The van der Waals surface area contributed by atoms with Crippen LogP contribution in [0.4, 0.5) is 0 Å². The molecule has 2 rings (SSSR count). The van der Waals surface area contributed by atoms with Crippen LogP contribution in [-0.4, -0.2) is 6.10 Å². The van der Waals surface area contributed by atoms with Gasteiger partial charge in [-0.25, -0.2) is 0 Å². The molecule has 0 unspecified atom stereocenters. The molecule has 0 saturated heterocycles. The van der Waals surface area contributed by atoms with E-state index in [1.54, 1.807) is 0 Å². The molecule has 1 saturated carbocycles. The highest BCUT2D eigenvalue weighted by molar-refractivity contribution is 4.90. The summed E-state index contributed by atoms with van der Waals surface area (Å²) in [6, 6.07) is 0. The molecule has 0 aromatic rings. The Labute approximate surface area is 68.4 Å². The van der Waals surface area contributed by atoms with E-state index in [1.807, 2.05) is 6.26 Å². The van der Waals surface area contributed by atoms with Crippen LogP contribution in [0, 0.1) is 5.92 Å². The highest BCUT2D eigenvalue weighted by Gasteiger charge is 2.25. The molecule has 2 aliphatic rings. The maximum absolute atomic E-state index is 5.51. The van der Waals surface area contributed by atoms with Crippen molar-refractivity contribution in [1.82, 2.24) is 0 Å². The van der Waals surface area contributed by atoms with Crippen molar-refractivity contribution in [2.75, 3.05) is 0 Å². The Morgan fingerprint density at radius 1 is 1.09 bits per heavy atom. The lowest BCUT2D eigenvalue weighted by atomic mass is 9.84. The van der Waals surface area contributed by atoms with Crippen molar-refractivity contribution >= 4 is 0 Å². The van der Waals surface area contributed by atoms with E-state index in [4.69, 9.17) is 4.74 Å². The fourth-order valence-electron chi connectivity index (χ4n) is 2.21. The highest BCUT2D eigenvalue weighted by Crippen LogP contribution is 2.31. The van der Waals surface area contributed by atoms with Crippen molar-refractivity contribution in [2.24, 2.45) is 5.92 Å². The standard InChI is InChI=1S/C10H16O/c1-2-5-9(6-3-1)10-7-4-8-11-10/h4,8-10H,1-3,5-7H2/t10-/m1/s1. The van der Waals surface area contributed by atoms with Gasteiger partial charge in [0.2, 0.25) is 0 Å². The second-order valence-corrected chi connectivity index (χ2v) is 3.68. The first-order valence-electron chi connectivity index (χ1n) is 4.77. The second-order valence-electron chi connectivity index (χ2n) is 3.68. The van der Waals surface area contributed by atoms with Gasteiger partial charge >= 0.3 is 0 Å². The molecule has 1 heterocycles. The Kier molecular flexibility index (Phi) is 2.16. The third-order valence-electron chi connectivity index (χ3n) is 2.89. The van der Waals surface area contributed by atoms with E-state index in [-0.39, 0.29) is 0 Å². The first-order valence-corrected chi connectivity index (χ1v) is 4.77. The van der Waals surface area contributed by atoms with Crippen LogP contribution in [0.1, 0.15) is 38.5 Å². The summed E-state index contributed by atoms with van der Waals surface area (Å²) in [7, 11) is 0. The summed E-state index contributed by atoms with van der Waals surface area (Å²) >= 11 is 0. The zero-order chi connectivity index (χ0) is 7.52. The molecule has 1 heteroatoms. The molecule has 1 atom stereocenters. The minimum atomic E-state index is 0.537. The molecule has 0 amide bonds. The minimum Gasteiger partial charge on any atom is -0.498 e. The Hall–Kier alpha value is -0.460. The molecule has 1 fully saturated rings. The van der Waals surface area contributed by atoms with Gasteiger partial charge in [0.15, 0.2) is 0 Å². The molecular formula is C10H16O. The van der Waals surface area contributed by atoms with Gasteiger partial charge in [-0.2, -0.15) is 0 Å². The molecule has 1 nitrogen and oxygen atoms in total. The summed E-state index contributed by atoms with van der Waals surface area (Å²) in [4.78, 5) is 0. The van der Waals surface area contributed by atoms with Crippen molar-refractivity contribution in [2.45, 2.75) is 44.6 Å². The molecule has 0 aromatic carbocycles. The van der Waals surface area contributed by atoms with Crippen molar-refractivity contribution in [1.29, 1.82) is 0 Å². The van der Waals surface area contributed by atoms with Crippen LogP contribution in [0.5, 0.6) is 0 Å². The lowest BCUT2D eigenvalue weighted by molar-refractivity contribution is 0.0865. The lowest BCUT2D eigenvalue weighted by Gasteiger charge is -2.26. The van der Waals surface area contributed by atoms with Gasteiger partial charge in [-0.3, -0.25) is 0 Å². The molecule has 11 heavy (non-hydrogen) atoms. The van der Waals surface area contributed by atoms with Gasteiger partial charge in [-0.1, -0.05) is 19.3 Å². The van der Waals surface area contributed by atoms with Crippen LogP contribution in [0.25, 0.3) is 0 Å². The third-order valence-corrected chi connectivity index (χ3v) is 2.89. The average molecular weight is 152 g/mol. The zero-order valence-electron chi connectivity index (χ0n) is 6.96. The predicted molar refractivity (Wildman–Crippen MR) is 45.2 cm³/mol. The molecule has 1 aliphatic carbocycles. The van der Waals surface area contributed by atoms with Gasteiger partial charge < -0.3 is 4.74 Å². The Morgan fingerprint density at radius 3 is 2.55 bits per heavy atom. The highest BCUT2D eigenvalue weighted by atomic mass is 16.5. The van der Waals surface area contributed by atoms with E-state index in [0.717, 1.165) is 12.3 Å². The fourth-order valence-corrected chi connectivity index (χ4v) is 2.21. The largest absolute Gasteiger partial charge is 0.498 e. The maximum atomic E-state index is 5.51. The number of rotatable bonds is 1. The first kappa shape index (κ1) is 7.20. The fraction of sp³-hybridized carbons (Fsp3) is 0.800. The van der Waals surface area contributed by atoms with Crippen LogP contribution in [0.15, 0.2) is 12.3 Å². The summed E-state index contributed by atoms with van der Waals surface area (Å²) in [5.41, 5.74) is 0.